The Morgan fingerprint density at radius 3 is 1.63 bits per heavy atom. The van der Waals surface area contributed by atoms with Gasteiger partial charge < -0.3 is 34.9 Å². The molecule has 35 heavy (non-hydrogen) atoms. The predicted molar refractivity (Wildman–Crippen MR) is 129 cm³/mol. The van der Waals surface area contributed by atoms with Gasteiger partial charge in [-0.25, -0.2) is 0 Å². The van der Waals surface area contributed by atoms with Crippen molar-refractivity contribution in [3.05, 3.63) is 0 Å². The monoisotopic (exact) mass is 509 g/mol. The Kier molecular flexibility index (Phi) is 21.7. The summed E-state index contributed by atoms with van der Waals surface area (Å²) in [6.45, 7) is 3.82. The fourth-order valence-electron chi connectivity index (χ4n) is 4.44. The molecule has 0 saturated carbocycles. The van der Waals surface area contributed by atoms with Crippen molar-refractivity contribution in [1.29, 1.82) is 0 Å². The number of carbonyl (C=O) groups is 2. The quantitative estimate of drug-likeness (QED) is 0.155. The van der Waals surface area contributed by atoms with Gasteiger partial charge in [0.1, 0.15) is 24.4 Å². The molecule has 5 atom stereocenters. The van der Waals surface area contributed by atoms with Crippen LogP contribution in [-0.2, 0) is 19.1 Å². The van der Waals surface area contributed by atoms with Crippen LogP contribution < -0.4 is 40.0 Å². The number of aliphatic hydroxyl groups excluding tert-OH is 2. The summed E-state index contributed by atoms with van der Waals surface area (Å²) in [6.07, 6.45) is 14.1. The van der Waals surface area contributed by atoms with E-state index in [1.54, 1.807) is 0 Å². The molecule has 1 aliphatic rings. The Morgan fingerprint density at radius 2 is 1.23 bits per heavy atom. The van der Waals surface area contributed by atoms with Crippen molar-refractivity contribution in [1.82, 2.24) is 5.32 Å². The molecular formula is C26H48NNaO7. The minimum absolute atomic E-state index is 0. The average molecular weight is 510 g/mol. The molecule has 200 valence electrons. The molecule has 0 radical (unpaired) electrons. The number of nitrogens with one attached hydrogen (secondary N) is 1. The van der Waals surface area contributed by atoms with Gasteiger partial charge in [0.2, 0.25) is 5.91 Å². The summed E-state index contributed by atoms with van der Waals surface area (Å²) < 4.78 is 10.9. The van der Waals surface area contributed by atoms with Gasteiger partial charge in [-0.1, -0.05) is 103 Å². The Balaban J connectivity index is 0.0000116. The van der Waals surface area contributed by atoms with Crippen molar-refractivity contribution in [3.63, 3.8) is 0 Å². The van der Waals surface area contributed by atoms with Crippen molar-refractivity contribution in [2.24, 2.45) is 0 Å². The normalized spacial score (nSPS) is 24.1. The maximum Gasteiger partial charge on any atom is 1.00 e. The fraction of sp³-hybridized carbons (Fsp3) is 0.923. The average Bonchev–Trinajstić information content (AvgIpc) is 2.79. The van der Waals surface area contributed by atoms with Gasteiger partial charge in [0, 0.05) is 13.5 Å². The Labute approximate surface area is 234 Å². The number of hydrogen-bond acceptors (Lipinski definition) is 7. The number of aliphatic carboxylic acids is 1. The number of ether oxygens (including phenoxy) is 2. The van der Waals surface area contributed by atoms with E-state index in [2.05, 4.69) is 12.2 Å². The molecule has 8 nitrogen and oxygen atoms in total. The second-order valence-electron chi connectivity index (χ2n) is 9.63. The third-order valence-electron chi connectivity index (χ3n) is 6.48. The van der Waals surface area contributed by atoms with Gasteiger partial charge >= 0.3 is 29.6 Å². The summed E-state index contributed by atoms with van der Waals surface area (Å²) in [5.41, 5.74) is 0. The van der Waals surface area contributed by atoms with Gasteiger partial charge in [-0.15, -0.1) is 0 Å². The molecular weight excluding hydrogens is 461 g/mol. The number of hydrogen-bond donors (Lipinski definition) is 3. The third-order valence-corrected chi connectivity index (χ3v) is 6.48. The van der Waals surface area contributed by atoms with Crippen LogP contribution in [0.1, 0.15) is 117 Å². The first-order valence-corrected chi connectivity index (χ1v) is 13.5. The van der Waals surface area contributed by atoms with E-state index >= 15 is 0 Å². The second-order valence-corrected chi connectivity index (χ2v) is 9.63. The summed E-state index contributed by atoms with van der Waals surface area (Å²) in [5, 5.41) is 33.8. The van der Waals surface area contributed by atoms with Gasteiger partial charge in [0.25, 0.3) is 0 Å². The molecule has 1 heterocycles. The number of carbonyl (C=O) groups excluding carboxylic acids is 2. The first-order chi connectivity index (χ1) is 16.4. The van der Waals surface area contributed by atoms with Crippen LogP contribution in [0.4, 0.5) is 0 Å². The van der Waals surface area contributed by atoms with Gasteiger partial charge in [0.05, 0.1) is 5.97 Å². The van der Waals surface area contributed by atoms with Crippen LogP contribution in [0.15, 0.2) is 0 Å². The molecule has 1 saturated heterocycles. The van der Waals surface area contributed by atoms with Crippen LogP contribution in [0, 0.1) is 0 Å². The number of rotatable bonds is 20. The maximum absolute atomic E-state index is 11.4. The van der Waals surface area contributed by atoms with Crippen LogP contribution >= 0.6 is 0 Å². The third kappa shape index (κ3) is 15.6. The number of carboxylic acids is 1. The molecule has 0 aromatic heterocycles. The Morgan fingerprint density at radius 1 is 0.800 bits per heavy atom. The fourth-order valence-corrected chi connectivity index (χ4v) is 4.44. The summed E-state index contributed by atoms with van der Waals surface area (Å²) in [6, 6.07) is -1.05. The van der Waals surface area contributed by atoms with Crippen molar-refractivity contribution in [2.75, 3.05) is 6.61 Å². The first-order valence-electron chi connectivity index (χ1n) is 13.5. The number of unbranched alkanes of at least 4 members (excludes halogenated alkanes) is 15. The van der Waals surface area contributed by atoms with Gasteiger partial charge in [0.15, 0.2) is 6.29 Å². The number of amides is 1. The molecule has 1 fully saturated rings. The van der Waals surface area contributed by atoms with E-state index in [4.69, 9.17) is 9.47 Å². The van der Waals surface area contributed by atoms with Crippen molar-refractivity contribution < 1.29 is 63.9 Å². The van der Waals surface area contributed by atoms with Crippen LogP contribution in [0.5, 0.6) is 0 Å². The van der Waals surface area contributed by atoms with Gasteiger partial charge in [-0.2, -0.15) is 0 Å². The standard InChI is InChI=1S/C26H49NO7.Na/c1-3-4-5-6-7-8-9-10-11-12-13-14-15-16-17-18-19-33-26-21(27-20(2)28)22(29)23(30)24(34-26)25(31)32;/h21-24,26,29-30H,3-19H2,1-2H3,(H,27,28)(H,31,32);/q;+1/p-1/t21-,22-,23+,24+,26?;/m1./s1. The van der Waals surface area contributed by atoms with E-state index in [-0.39, 0.29) is 29.6 Å². The first kappa shape index (κ1) is 34.8. The molecule has 0 aliphatic carbocycles. The number of aliphatic hydroxyl groups is 2. The maximum atomic E-state index is 11.4. The number of carboxylic acid groups (broad SMARTS) is 1. The van der Waals surface area contributed by atoms with Crippen LogP contribution in [0.2, 0.25) is 0 Å². The van der Waals surface area contributed by atoms with Crippen LogP contribution in [0.3, 0.4) is 0 Å². The minimum atomic E-state index is -1.71. The second kappa shape index (κ2) is 21.8. The molecule has 0 bridgehead atoms. The Hall–Kier alpha value is -0.220. The van der Waals surface area contributed by atoms with E-state index in [0.29, 0.717) is 6.61 Å². The van der Waals surface area contributed by atoms with Crippen LogP contribution in [-0.4, -0.2) is 59.3 Å². The molecule has 1 rings (SSSR count). The zero-order valence-electron chi connectivity index (χ0n) is 22.3. The smallest absolute Gasteiger partial charge is 0.547 e. The summed E-state index contributed by atoms with van der Waals surface area (Å²) in [5.74, 6) is -2.08. The topological polar surface area (TPSA) is 128 Å². The van der Waals surface area contributed by atoms with Crippen molar-refractivity contribution in [3.8, 4) is 0 Å². The summed E-state index contributed by atoms with van der Waals surface area (Å²) >= 11 is 0. The van der Waals surface area contributed by atoms with E-state index in [0.717, 1.165) is 19.3 Å². The van der Waals surface area contributed by atoms with Crippen molar-refractivity contribution in [2.45, 2.75) is 147 Å². The molecule has 0 aromatic rings. The van der Waals surface area contributed by atoms with E-state index in [9.17, 15) is 24.9 Å². The Bertz CT molecular complexity index is 552. The molecule has 1 unspecified atom stereocenters. The van der Waals surface area contributed by atoms with Gasteiger partial charge in [-0.05, 0) is 6.42 Å². The molecule has 0 spiro atoms. The predicted octanol–water partition coefficient (Wildman–Crippen LogP) is -0.0302. The molecule has 1 amide bonds. The zero-order valence-corrected chi connectivity index (χ0v) is 24.3. The SMILES string of the molecule is CCCCCCCCCCCCCCCCCCOC1O[C@H](C(=O)[O-])[C@@H](O)[C@H](O)[C@H]1NC(C)=O.[Na+]. The summed E-state index contributed by atoms with van der Waals surface area (Å²) in [7, 11) is 0. The van der Waals surface area contributed by atoms with Crippen molar-refractivity contribution >= 4 is 11.9 Å². The van der Waals surface area contributed by atoms with E-state index in [1.807, 2.05) is 0 Å². The van der Waals surface area contributed by atoms with E-state index in [1.165, 1.54) is 90.4 Å². The zero-order chi connectivity index (χ0) is 25.2. The molecule has 0 aromatic carbocycles. The largest absolute Gasteiger partial charge is 1.00 e. The summed E-state index contributed by atoms with van der Waals surface area (Å²) in [4.78, 5) is 22.6. The molecule has 9 heteroatoms. The van der Waals surface area contributed by atoms with Crippen LogP contribution in [0.25, 0.3) is 0 Å². The molecule has 3 N–H and O–H groups in total. The van der Waals surface area contributed by atoms with E-state index < -0.39 is 42.5 Å². The van der Waals surface area contributed by atoms with Gasteiger partial charge in [-0.3, -0.25) is 4.79 Å². The molecule has 1 aliphatic heterocycles. The minimum Gasteiger partial charge on any atom is -0.547 e.